The highest BCUT2D eigenvalue weighted by Crippen LogP contribution is 2.26. The molecule has 3 fully saturated rings. The summed E-state index contributed by atoms with van der Waals surface area (Å²) in [5.74, 6) is 0.369. The smallest absolute Gasteiger partial charge is 0.317 e. The van der Waals surface area contributed by atoms with Crippen molar-refractivity contribution in [3.8, 4) is 0 Å². The highest BCUT2D eigenvalue weighted by Gasteiger charge is 2.30. The molecule has 3 aliphatic rings. The van der Waals surface area contributed by atoms with Gasteiger partial charge in [0, 0.05) is 51.3 Å². The van der Waals surface area contributed by atoms with Crippen molar-refractivity contribution in [2.75, 3.05) is 39.3 Å². The second kappa shape index (κ2) is 8.34. The number of rotatable bonds is 4. The van der Waals surface area contributed by atoms with Gasteiger partial charge in [0.05, 0.1) is 6.10 Å². The van der Waals surface area contributed by atoms with Crippen LogP contribution in [0, 0.1) is 5.92 Å². The molecule has 2 saturated heterocycles. The van der Waals surface area contributed by atoms with Crippen LogP contribution >= 0.6 is 0 Å². The van der Waals surface area contributed by atoms with Gasteiger partial charge in [-0.25, -0.2) is 4.79 Å². The number of amides is 2. The summed E-state index contributed by atoms with van der Waals surface area (Å²) in [5.41, 5.74) is 1.06. The lowest BCUT2D eigenvalue weighted by Gasteiger charge is -2.27. The minimum absolute atomic E-state index is 0.0932. The minimum atomic E-state index is 0.0932. The lowest BCUT2D eigenvalue weighted by Crippen LogP contribution is -2.45. The molecule has 1 aliphatic carbocycles. The van der Waals surface area contributed by atoms with E-state index in [0.717, 1.165) is 57.2 Å². The van der Waals surface area contributed by atoms with E-state index < -0.39 is 0 Å². The third kappa shape index (κ3) is 4.31. The number of hydrogen-bond donors (Lipinski definition) is 1. The fraction of sp³-hybridized carbons (Fsp3) is 0.842. The molecular weight excluding hydrogens is 302 g/mol. The summed E-state index contributed by atoms with van der Waals surface area (Å²) in [5, 5.41) is 3.14. The Morgan fingerprint density at radius 3 is 2.67 bits per heavy atom. The summed E-state index contributed by atoms with van der Waals surface area (Å²) in [6.45, 7) is 11.4. The van der Waals surface area contributed by atoms with Crippen LogP contribution in [0.25, 0.3) is 0 Å². The monoisotopic (exact) mass is 335 g/mol. The molecule has 2 aliphatic heterocycles. The van der Waals surface area contributed by atoms with Crippen LogP contribution in [0.5, 0.6) is 0 Å². The van der Waals surface area contributed by atoms with Gasteiger partial charge in [-0.3, -0.25) is 4.90 Å². The number of carbonyl (C=O) groups is 1. The second-order valence-corrected chi connectivity index (χ2v) is 7.69. The molecule has 0 aromatic heterocycles. The maximum atomic E-state index is 12.5. The molecule has 0 aromatic rings. The summed E-state index contributed by atoms with van der Waals surface area (Å²) < 4.78 is 5.72. The number of nitrogens with zero attached hydrogens (tertiary/aromatic N) is 2. The predicted octanol–water partition coefficient (Wildman–Crippen LogP) is 2.63. The summed E-state index contributed by atoms with van der Waals surface area (Å²) in [4.78, 5) is 17.2. The zero-order valence-electron chi connectivity index (χ0n) is 15.1. The molecule has 3 rings (SSSR count). The third-order valence-corrected chi connectivity index (χ3v) is 5.87. The number of nitrogens with one attached hydrogen (secondary N) is 1. The van der Waals surface area contributed by atoms with Crippen molar-refractivity contribution in [3.63, 3.8) is 0 Å². The van der Waals surface area contributed by atoms with Crippen molar-refractivity contribution in [2.45, 2.75) is 57.6 Å². The van der Waals surface area contributed by atoms with Crippen LogP contribution in [-0.4, -0.2) is 67.3 Å². The summed E-state index contributed by atoms with van der Waals surface area (Å²) >= 11 is 0. The summed E-state index contributed by atoms with van der Waals surface area (Å²) in [6, 6.07) is 0.857. The first-order valence-electron chi connectivity index (χ1n) is 9.69. The van der Waals surface area contributed by atoms with Gasteiger partial charge in [-0.1, -0.05) is 25.0 Å². The zero-order valence-corrected chi connectivity index (χ0v) is 15.1. The first-order valence-corrected chi connectivity index (χ1v) is 9.69. The Kier molecular flexibility index (Phi) is 6.17. The van der Waals surface area contributed by atoms with Crippen LogP contribution in [0.15, 0.2) is 12.2 Å². The van der Waals surface area contributed by atoms with Crippen LogP contribution in [0.2, 0.25) is 0 Å². The van der Waals surface area contributed by atoms with Crippen molar-refractivity contribution in [2.24, 2.45) is 5.92 Å². The van der Waals surface area contributed by atoms with Gasteiger partial charge in [0.1, 0.15) is 0 Å². The van der Waals surface area contributed by atoms with Gasteiger partial charge >= 0.3 is 6.03 Å². The van der Waals surface area contributed by atoms with E-state index in [2.05, 4.69) is 16.8 Å². The molecule has 0 radical (unpaired) electrons. The Bertz CT molecular complexity index is 448. The molecule has 0 aromatic carbocycles. The molecule has 24 heavy (non-hydrogen) atoms. The van der Waals surface area contributed by atoms with E-state index in [9.17, 15) is 4.79 Å². The molecule has 5 heteroatoms. The third-order valence-electron chi connectivity index (χ3n) is 5.87. The van der Waals surface area contributed by atoms with Crippen molar-refractivity contribution in [3.05, 3.63) is 12.2 Å². The molecule has 0 unspecified atom stereocenters. The van der Waals surface area contributed by atoms with Gasteiger partial charge in [0.25, 0.3) is 0 Å². The van der Waals surface area contributed by atoms with E-state index in [1.807, 2.05) is 11.8 Å². The van der Waals surface area contributed by atoms with Crippen molar-refractivity contribution >= 4 is 6.03 Å². The molecule has 0 spiro atoms. The van der Waals surface area contributed by atoms with Crippen molar-refractivity contribution < 1.29 is 9.53 Å². The first-order chi connectivity index (χ1) is 11.6. The summed E-state index contributed by atoms with van der Waals surface area (Å²) in [7, 11) is 0. The highest BCUT2D eigenvalue weighted by molar-refractivity contribution is 5.74. The van der Waals surface area contributed by atoms with E-state index in [1.54, 1.807) is 0 Å². The number of urea groups is 1. The predicted molar refractivity (Wildman–Crippen MR) is 96.1 cm³/mol. The SMILES string of the molecule is C=C(C)[C@@H]1OCC[C@H]1CNC(=O)N1CCCN(C2CCCC2)CC1. The Morgan fingerprint density at radius 1 is 1.12 bits per heavy atom. The van der Waals surface area contributed by atoms with E-state index in [-0.39, 0.29) is 12.1 Å². The van der Waals surface area contributed by atoms with E-state index in [1.165, 1.54) is 25.7 Å². The fourth-order valence-electron chi connectivity index (χ4n) is 4.49. The normalized spacial score (nSPS) is 29.6. The standard InChI is InChI=1S/C19H33N3O2/c1-15(2)18-16(8-13-24-18)14-20-19(23)22-10-5-9-21(11-12-22)17-6-3-4-7-17/h16-18H,1,3-14H2,2H3,(H,20,23)/t16-,18-/m0/s1. The Hall–Kier alpha value is -1.07. The molecule has 2 atom stereocenters. The average Bonchev–Trinajstić information content (AvgIpc) is 3.20. The van der Waals surface area contributed by atoms with Crippen molar-refractivity contribution in [1.82, 2.24) is 15.1 Å². The van der Waals surface area contributed by atoms with Gasteiger partial charge in [-0.05, 0) is 32.6 Å². The number of hydrogen-bond acceptors (Lipinski definition) is 3. The Balaban J connectivity index is 1.44. The van der Waals surface area contributed by atoms with Gasteiger partial charge in [0.2, 0.25) is 0 Å². The molecule has 5 nitrogen and oxygen atoms in total. The van der Waals surface area contributed by atoms with Crippen LogP contribution in [0.4, 0.5) is 4.79 Å². The molecule has 0 bridgehead atoms. The molecule has 1 saturated carbocycles. The van der Waals surface area contributed by atoms with E-state index >= 15 is 0 Å². The quantitative estimate of drug-likeness (QED) is 0.803. The van der Waals surface area contributed by atoms with Crippen LogP contribution in [0.3, 0.4) is 0 Å². The second-order valence-electron chi connectivity index (χ2n) is 7.69. The fourth-order valence-corrected chi connectivity index (χ4v) is 4.49. The summed E-state index contributed by atoms with van der Waals surface area (Å²) in [6.07, 6.45) is 7.63. The average molecular weight is 335 g/mol. The number of ether oxygens (including phenoxy) is 1. The van der Waals surface area contributed by atoms with Gasteiger partial charge in [0.15, 0.2) is 0 Å². The van der Waals surface area contributed by atoms with Crippen LogP contribution < -0.4 is 5.32 Å². The Morgan fingerprint density at radius 2 is 1.92 bits per heavy atom. The van der Waals surface area contributed by atoms with E-state index in [0.29, 0.717) is 12.5 Å². The maximum Gasteiger partial charge on any atom is 0.317 e. The van der Waals surface area contributed by atoms with Crippen LogP contribution in [-0.2, 0) is 4.74 Å². The van der Waals surface area contributed by atoms with Crippen molar-refractivity contribution in [1.29, 1.82) is 0 Å². The molecular formula is C19H33N3O2. The molecule has 2 amide bonds. The molecule has 2 heterocycles. The zero-order chi connectivity index (χ0) is 16.9. The molecule has 1 N–H and O–H groups in total. The van der Waals surface area contributed by atoms with Gasteiger partial charge < -0.3 is 15.0 Å². The maximum absolute atomic E-state index is 12.5. The van der Waals surface area contributed by atoms with Gasteiger partial charge in [-0.15, -0.1) is 0 Å². The topological polar surface area (TPSA) is 44.8 Å². The largest absolute Gasteiger partial charge is 0.374 e. The van der Waals surface area contributed by atoms with E-state index in [4.69, 9.17) is 4.74 Å². The number of carbonyl (C=O) groups excluding carboxylic acids is 1. The molecule has 136 valence electrons. The highest BCUT2D eigenvalue weighted by atomic mass is 16.5. The lowest BCUT2D eigenvalue weighted by atomic mass is 9.97. The Labute approximate surface area is 146 Å². The van der Waals surface area contributed by atoms with Crippen LogP contribution in [0.1, 0.15) is 45.4 Å². The first kappa shape index (κ1) is 17.7. The van der Waals surface area contributed by atoms with Gasteiger partial charge in [-0.2, -0.15) is 0 Å². The lowest BCUT2D eigenvalue weighted by molar-refractivity contribution is 0.118. The minimum Gasteiger partial charge on any atom is -0.374 e.